The Balaban J connectivity index is 1.82. The Kier molecular flexibility index (Phi) is 2.11. The van der Waals surface area contributed by atoms with E-state index in [1.54, 1.807) is 0 Å². The van der Waals surface area contributed by atoms with Crippen molar-refractivity contribution in [2.45, 2.75) is 38.1 Å². The molecule has 0 spiro atoms. The van der Waals surface area contributed by atoms with Crippen molar-refractivity contribution in [3.05, 3.63) is 18.2 Å². The standard InChI is InChI=1S/C12H16N2O/c15-7-10-6-14(8-13-10)12-3-1-2-9-4-5-11(9)12/h6-9,11-12H,1-5H2. The van der Waals surface area contributed by atoms with Gasteiger partial charge >= 0.3 is 0 Å². The van der Waals surface area contributed by atoms with E-state index in [1.165, 1.54) is 32.1 Å². The van der Waals surface area contributed by atoms with E-state index in [0.717, 1.165) is 18.1 Å². The molecular weight excluding hydrogens is 188 g/mol. The maximum Gasteiger partial charge on any atom is 0.169 e. The molecule has 15 heavy (non-hydrogen) atoms. The highest BCUT2D eigenvalue weighted by atomic mass is 16.1. The summed E-state index contributed by atoms with van der Waals surface area (Å²) in [4.78, 5) is 14.7. The second kappa shape index (κ2) is 3.47. The number of imidazole rings is 1. The van der Waals surface area contributed by atoms with Gasteiger partial charge in [0.25, 0.3) is 0 Å². The van der Waals surface area contributed by atoms with Gasteiger partial charge in [-0.25, -0.2) is 4.98 Å². The Hall–Kier alpha value is -1.12. The van der Waals surface area contributed by atoms with Crippen molar-refractivity contribution in [1.82, 2.24) is 9.55 Å². The summed E-state index contributed by atoms with van der Waals surface area (Å²) in [5.41, 5.74) is 0.566. The molecule has 1 heterocycles. The van der Waals surface area contributed by atoms with Gasteiger partial charge in [0.05, 0.1) is 6.33 Å². The van der Waals surface area contributed by atoms with Crippen LogP contribution in [0.3, 0.4) is 0 Å². The highest BCUT2D eigenvalue weighted by Gasteiger charge is 2.40. The maximum atomic E-state index is 10.6. The molecular formula is C12H16N2O. The van der Waals surface area contributed by atoms with Crippen molar-refractivity contribution in [3.63, 3.8) is 0 Å². The fraction of sp³-hybridized carbons (Fsp3) is 0.667. The summed E-state index contributed by atoms with van der Waals surface area (Å²) in [6, 6.07) is 0.610. The minimum absolute atomic E-state index is 0.566. The van der Waals surface area contributed by atoms with Gasteiger partial charge in [0, 0.05) is 12.2 Å². The summed E-state index contributed by atoms with van der Waals surface area (Å²) in [7, 11) is 0. The molecule has 0 saturated heterocycles. The molecule has 0 radical (unpaired) electrons. The second-order valence-corrected chi connectivity index (χ2v) is 4.86. The molecule has 2 saturated carbocycles. The Morgan fingerprint density at radius 3 is 2.93 bits per heavy atom. The van der Waals surface area contributed by atoms with Crippen LogP contribution in [0, 0.1) is 11.8 Å². The monoisotopic (exact) mass is 204 g/mol. The molecule has 0 aromatic carbocycles. The number of aldehydes is 1. The number of fused-ring (bicyclic) bond motifs is 1. The Labute approximate surface area is 89.5 Å². The van der Waals surface area contributed by atoms with Crippen LogP contribution in [0.15, 0.2) is 12.5 Å². The highest BCUT2D eigenvalue weighted by Crippen LogP contribution is 2.50. The van der Waals surface area contributed by atoms with Gasteiger partial charge in [-0.15, -0.1) is 0 Å². The van der Waals surface area contributed by atoms with E-state index in [4.69, 9.17) is 0 Å². The van der Waals surface area contributed by atoms with Crippen LogP contribution >= 0.6 is 0 Å². The first-order valence-corrected chi connectivity index (χ1v) is 5.87. The molecule has 3 heteroatoms. The number of aromatic nitrogens is 2. The lowest BCUT2D eigenvalue weighted by molar-refractivity contribution is 0.0586. The molecule has 3 nitrogen and oxygen atoms in total. The van der Waals surface area contributed by atoms with Crippen LogP contribution in [-0.4, -0.2) is 15.8 Å². The minimum Gasteiger partial charge on any atom is -0.333 e. The topological polar surface area (TPSA) is 34.9 Å². The van der Waals surface area contributed by atoms with Crippen molar-refractivity contribution in [2.24, 2.45) is 11.8 Å². The lowest BCUT2D eigenvalue weighted by atomic mass is 9.63. The molecule has 1 aromatic heterocycles. The minimum atomic E-state index is 0.566. The number of nitrogens with zero attached hydrogens (tertiary/aromatic N) is 2. The molecule has 0 amide bonds. The van der Waals surface area contributed by atoms with Crippen molar-refractivity contribution in [2.75, 3.05) is 0 Å². The first kappa shape index (κ1) is 9.13. The summed E-state index contributed by atoms with van der Waals surface area (Å²) < 4.78 is 2.17. The molecule has 2 fully saturated rings. The van der Waals surface area contributed by atoms with Crippen LogP contribution < -0.4 is 0 Å². The highest BCUT2D eigenvalue weighted by molar-refractivity contribution is 5.70. The van der Waals surface area contributed by atoms with Crippen LogP contribution in [0.1, 0.15) is 48.6 Å². The van der Waals surface area contributed by atoms with Gasteiger partial charge in [0.2, 0.25) is 0 Å². The average molecular weight is 204 g/mol. The molecule has 3 rings (SSSR count). The smallest absolute Gasteiger partial charge is 0.169 e. The number of hydrogen-bond donors (Lipinski definition) is 0. The molecule has 2 aliphatic rings. The van der Waals surface area contributed by atoms with Crippen molar-refractivity contribution in [1.29, 1.82) is 0 Å². The molecule has 0 aliphatic heterocycles. The van der Waals surface area contributed by atoms with Gasteiger partial charge in [0.1, 0.15) is 5.69 Å². The summed E-state index contributed by atoms with van der Waals surface area (Å²) >= 11 is 0. The fourth-order valence-corrected chi connectivity index (χ4v) is 3.23. The molecule has 2 aliphatic carbocycles. The summed E-state index contributed by atoms with van der Waals surface area (Å²) in [6.07, 6.45) is 11.3. The number of carbonyl (C=O) groups excluding carboxylic acids is 1. The number of hydrogen-bond acceptors (Lipinski definition) is 2. The zero-order chi connectivity index (χ0) is 10.3. The fourth-order valence-electron chi connectivity index (χ4n) is 3.23. The van der Waals surface area contributed by atoms with Gasteiger partial charge in [-0.05, 0) is 31.1 Å². The number of carbonyl (C=O) groups is 1. The normalized spacial score (nSPS) is 34.3. The predicted molar refractivity (Wildman–Crippen MR) is 56.7 cm³/mol. The molecule has 0 bridgehead atoms. The van der Waals surface area contributed by atoms with Crippen LogP contribution in [0.2, 0.25) is 0 Å². The predicted octanol–water partition coefficient (Wildman–Crippen LogP) is 2.45. The Morgan fingerprint density at radius 2 is 2.27 bits per heavy atom. The van der Waals surface area contributed by atoms with Gasteiger partial charge in [-0.1, -0.05) is 12.8 Å². The lowest BCUT2D eigenvalue weighted by Crippen LogP contribution is -2.37. The van der Waals surface area contributed by atoms with E-state index in [1.807, 2.05) is 12.5 Å². The third kappa shape index (κ3) is 1.41. The van der Waals surface area contributed by atoms with Crippen LogP contribution in [0.4, 0.5) is 0 Å². The molecule has 80 valence electrons. The number of rotatable bonds is 2. The van der Waals surface area contributed by atoms with Crippen molar-refractivity contribution >= 4 is 6.29 Å². The molecule has 3 unspecified atom stereocenters. The first-order chi connectivity index (χ1) is 7.38. The summed E-state index contributed by atoms with van der Waals surface area (Å²) in [6.45, 7) is 0. The largest absolute Gasteiger partial charge is 0.333 e. The van der Waals surface area contributed by atoms with E-state index >= 15 is 0 Å². The Morgan fingerprint density at radius 1 is 1.33 bits per heavy atom. The first-order valence-electron chi connectivity index (χ1n) is 5.87. The zero-order valence-corrected chi connectivity index (χ0v) is 8.80. The average Bonchev–Trinajstić information content (AvgIpc) is 2.67. The summed E-state index contributed by atoms with van der Waals surface area (Å²) in [5, 5.41) is 0. The van der Waals surface area contributed by atoms with Crippen molar-refractivity contribution in [3.8, 4) is 0 Å². The van der Waals surface area contributed by atoms with Crippen LogP contribution in [0.25, 0.3) is 0 Å². The zero-order valence-electron chi connectivity index (χ0n) is 8.80. The van der Waals surface area contributed by atoms with E-state index in [0.29, 0.717) is 11.7 Å². The third-order valence-corrected chi connectivity index (χ3v) is 4.17. The van der Waals surface area contributed by atoms with E-state index in [2.05, 4.69) is 9.55 Å². The third-order valence-electron chi connectivity index (χ3n) is 4.17. The van der Waals surface area contributed by atoms with Crippen LogP contribution in [-0.2, 0) is 0 Å². The van der Waals surface area contributed by atoms with E-state index in [-0.39, 0.29) is 0 Å². The van der Waals surface area contributed by atoms with Gasteiger partial charge in [-0.3, -0.25) is 4.79 Å². The van der Waals surface area contributed by atoms with Crippen molar-refractivity contribution < 1.29 is 4.79 Å². The van der Waals surface area contributed by atoms with Crippen LogP contribution in [0.5, 0.6) is 0 Å². The van der Waals surface area contributed by atoms with E-state index in [9.17, 15) is 4.79 Å². The quantitative estimate of drug-likeness (QED) is 0.693. The maximum absolute atomic E-state index is 10.6. The molecule has 3 atom stereocenters. The Bertz CT molecular complexity index is 371. The van der Waals surface area contributed by atoms with Gasteiger partial charge < -0.3 is 4.57 Å². The van der Waals surface area contributed by atoms with Gasteiger partial charge in [0.15, 0.2) is 6.29 Å². The summed E-state index contributed by atoms with van der Waals surface area (Å²) in [5.74, 6) is 1.80. The molecule has 0 N–H and O–H groups in total. The van der Waals surface area contributed by atoms with E-state index < -0.39 is 0 Å². The second-order valence-electron chi connectivity index (χ2n) is 4.86. The lowest BCUT2D eigenvalue weighted by Gasteiger charge is -2.46. The van der Waals surface area contributed by atoms with Gasteiger partial charge in [-0.2, -0.15) is 0 Å². The SMILES string of the molecule is O=Cc1cn(C2CCCC3CCC32)cn1. The molecule has 1 aromatic rings.